The van der Waals surface area contributed by atoms with Crippen LogP contribution in [0.2, 0.25) is 0 Å². The van der Waals surface area contributed by atoms with Gasteiger partial charge in [0.05, 0.1) is 0 Å². The Hall–Kier alpha value is -3.96. The molecule has 0 saturated heterocycles. The molecule has 0 atom stereocenters. The Kier molecular flexibility index (Phi) is 105. The molecular weight excluding hydrogens is 929 g/mol. The van der Waals surface area contributed by atoms with Crippen LogP contribution in [0.25, 0.3) is 21.5 Å². The number of benzene rings is 6. The number of hydrogen-bond donors (Lipinski definition) is 0. The van der Waals surface area contributed by atoms with Crippen LogP contribution < -0.4 is 0 Å². The second-order valence-electron chi connectivity index (χ2n) is 10.6. The summed E-state index contributed by atoms with van der Waals surface area (Å²) in [5.41, 5.74) is 0. The molecule has 0 radical (unpaired) electrons. The molecule has 0 aromatic heterocycles. The third-order valence-corrected chi connectivity index (χ3v) is 4.65. The Morgan fingerprint density at radius 2 is 0.318 bits per heavy atom. The van der Waals surface area contributed by atoms with Gasteiger partial charge in [-0.15, -0.1) is 45.4 Å². The molecule has 0 aliphatic carbocycles. The fourth-order valence-corrected chi connectivity index (χ4v) is 3.04. The van der Waals surface area contributed by atoms with Gasteiger partial charge in [-0.05, 0) is 21.5 Å². The average molecular weight is 1010 g/mol. The van der Waals surface area contributed by atoms with Crippen molar-refractivity contribution in [3.8, 4) is 0 Å². The van der Waals surface area contributed by atoms with Crippen molar-refractivity contribution in [3.63, 3.8) is 0 Å². The van der Waals surface area contributed by atoms with E-state index in [1.165, 1.54) is 47.2 Å². The normalized spacial score (nSPS) is 7.88. The summed E-state index contributed by atoms with van der Waals surface area (Å²) in [6.45, 7) is 25.0. The van der Waals surface area contributed by atoms with Crippen LogP contribution in [0.1, 0.15) is 109 Å². The number of rotatable bonds is 0. The lowest BCUT2D eigenvalue weighted by Crippen LogP contribution is -1.76. The van der Waals surface area contributed by atoms with Crippen LogP contribution in [0, 0.1) is 0 Å². The lowest BCUT2D eigenvalue weighted by molar-refractivity contribution is 0.417. The van der Waals surface area contributed by atoms with Crippen LogP contribution in [0.15, 0.2) is 170 Å². The molecule has 6 aromatic rings. The van der Waals surface area contributed by atoms with Crippen LogP contribution in [0.5, 0.6) is 0 Å². The third kappa shape index (κ3) is 108. The molecule has 18 heteroatoms. The first-order chi connectivity index (χ1) is 30.5. The fraction of sp³-hybridized carbons (Fsp3) is 0.333. The summed E-state index contributed by atoms with van der Waals surface area (Å²) in [6, 6.07) is 57.4. The molecule has 66 heavy (non-hydrogen) atoms. The van der Waals surface area contributed by atoms with Gasteiger partial charge in [0.1, 0.15) is 0 Å². The molecule has 0 bridgehead atoms. The quantitative estimate of drug-likeness (QED) is 0.128. The Balaban J connectivity index is -0.0000000661. The first-order valence-electron chi connectivity index (χ1n) is 20.5. The van der Waals surface area contributed by atoms with E-state index in [0.717, 1.165) is 0 Å². The van der Waals surface area contributed by atoms with Gasteiger partial charge in [-0.25, -0.2) is 0 Å². The summed E-state index contributed by atoms with van der Waals surface area (Å²) < 4.78 is 101. The Labute approximate surface area is 407 Å². The number of hydrogen-bond acceptors (Lipinski definition) is 12. The van der Waals surface area contributed by atoms with Crippen LogP contribution >= 0.6 is 0 Å². The van der Waals surface area contributed by atoms with Gasteiger partial charge in [-0.3, -0.25) is 16.8 Å². The van der Waals surface area contributed by atoms with Crippen molar-refractivity contribution < 1.29 is 64.2 Å². The molecule has 0 heterocycles. The zero-order valence-electron chi connectivity index (χ0n) is 40.5. The molecule has 0 fully saturated rings. The van der Waals surface area contributed by atoms with Crippen LogP contribution in [0.3, 0.4) is 0 Å². The second kappa shape index (κ2) is 81.2. The molecule has 0 aliphatic heterocycles. The summed E-state index contributed by atoms with van der Waals surface area (Å²) in [5.74, 6) is 0. The highest BCUT2D eigenvalue weighted by molar-refractivity contribution is 7.73. The van der Waals surface area contributed by atoms with Gasteiger partial charge in [0, 0.05) is 0 Å². The molecule has 4 N–H and O–H groups in total. The zero-order chi connectivity index (χ0) is 51.2. The summed E-state index contributed by atoms with van der Waals surface area (Å²) in [5, 5.41) is 5.24. The molecule has 384 valence electrons. The molecule has 6 aromatic carbocycles. The van der Waals surface area contributed by atoms with Gasteiger partial charge in [0.25, 0.3) is 0 Å². The van der Waals surface area contributed by atoms with E-state index in [4.69, 9.17) is 53.3 Å². The zero-order valence-corrected chi connectivity index (χ0v) is 43.8. The van der Waals surface area contributed by atoms with E-state index in [2.05, 4.69) is 152 Å². The molecule has 0 aliphatic rings. The van der Waals surface area contributed by atoms with Crippen molar-refractivity contribution in [2.24, 2.45) is 0 Å². The van der Waals surface area contributed by atoms with Crippen molar-refractivity contribution in [3.05, 3.63) is 170 Å². The van der Waals surface area contributed by atoms with Crippen molar-refractivity contribution >= 4 is 67.0 Å². The van der Waals surface area contributed by atoms with Gasteiger partial charge in [0.2, 0.25) is 0 Å². The minimum Gasteiger partial charge on any atom is -0.784 e. The predicted octanol–water partition coefficient (Wildman–Crippen LogP) is 11.1. The molecule has 0 unspecified atom stereocenters. The highest BCUT2D eigenvalue weighted by Crippen LogP contribution is 2.12. The van der Waals surface area contributed by atoms with Gasteiger partial charge < -0.3 is 47.4 Å². The van der Waals surface area contributed by atoms with Crippen LogP contribution in [0.4, 0.5) is 0 Å². The maximum absolute atomic E-state index is 8.44. The van der Waals surface area contributed by atoms with Crippen molar-refractivity contribution in [1.82, 2.24) is 0 Å². The maximum atomic E-state index is 8.44. The first kappa shape index (κ1) is 85.4. The molecular formula is C48H76O14S4-8. The summed E-state index contributed by atoms with van der Waals surface area (Å²) in [6.07, 6.45) is 5.00. The highest BCUT2D eigenvalue weighted by atomic mass is 32.2. The molecule has 0 spiro atoms. The maximum Gasteiger partial charge on any atom is -0.0184 e. The molecule has 14 nitrogen and oxygen atoms in total. The largest absolute Gasteiger partial charge is 0.784 e. The van der Waals surface area contributed by atoms with Crippen molar-refractivity contribution in [2.75, 3.05) is 0 Å². The predicted molar refractivity (Wildman–Crippen MR) is 273 cm³/mol. The highest BCUT2D eigenvalue weighted by Gasteiger charge is 1.86. The monoisotopic (exact) mass is 1000 g/mol. The van der Waals surface area contributed by atoms with Gasteiger partial charge in [-0.1, -0.05) is 279 Å². The minimum absolute atomic E-state index is 0. The van der Waals surface area contributed by atoms with E-state index >= 15 is 0 Å². The summed E-state index contributed by atoms with van der Waals surface area (Å²) in [7, 11) is 0. The standard InChI is InChI=1S/2C10H8.2C6H6.4C3H8.2C2H6.4H2O3S.2H2O/c2*1-2-6-10-8-4-3-7-9(10)5-1;2*1-2-4-6-5-3-1;4*1-3-2;2*1-2;4*1-4(2)3;;/h2*1-8H;2*1-6H;4*3H2,1-2H3;2*1-2H3;4*(H2,1,2,3);2*1H2/p-8. The minimum atomic E-state index is -3.11. The van der Waals surface area contributed by atoms with Crippen molar-refractivity contribution in [1.29, 1.82) is 0 Å². The Bertz CT molecular complexity index is 1420. The van der Waals surface area contributed by atoms with Gasteiger partial charge in [-0.2, -0.15) is 0 Å². The Morgan fingerprint density at radius 1 is 0.258 bits per heavy atom. The molecule has 0 amide bonds. The van der Waals surface area contributed by atoms with E-state index in [1.54, 1.807) is 0 Å². The lowest BCUT2D eigenvalue weighted by Gasteiger charge is -2.03. The van der Waals surface area contributed by atoms with Crippen LogP contribution in [-0.2, 0) is 45.4 Å². The van der Waals surface area contributed by atoms with E-state index in [-0.39, 0.29) is 11.0 Å². The smallest absolute Gasteiger partial charge is 0.0184 e. The summed E-state index contributed by atoms with van der Waals surface area (Å²) >= 11 is -12.4. The van der Waals surface area contributed by atoms with Gasteiger partial charge >= 0.3 is 0 Å². The third-order valence-electron chi connectivity index (χ3n) is 4.65. The molecule has 6 rings (SSSR count). The van der Waals surface area contributed by atoms with Crippen molar-refractivity contribution in [2.45, 2.75) is 109 Å². The fourth-order valence-electron chi connectivity index (χ4n) is 3.04. The van der Waals surface area contributed by atoms with E-state index in [9.17, 15) is 0 Å². The topological polar surface area (TPSA) is 316 Å². The number of fused-ring (bicyclic) bond motifs is 2. The van der Waals surface area contributed by atoms with E-state index in [0.29, 0.717) is 0 Å². The first-order valence-corrected chi connectivity index (χ1v) is 24.5. The van der Waals surface area contributed by atoms with E-state index < -0.39 is 45.4 Å². The lowest BCUT2D eigenvalue weighted by atomic mass is 10.1. The van der Waals surface area contributed by atoms with E-state index in [1.807, 2.05) is 100 Å². The van der Waals surface area contributed by atoms with Gasteiger partial charge in [0.15, 0.2) is 0 Å². The summed E-state index contributed by atoms with van der Waals surface area (Å²) in [4.78, 5) is 0. The SMILES string of the molecule is CC.CC.CCC.CCC.CCC.CCC.O.O.O=S([O-])[O-].O=S([O-])[O-].O=S([O-])[O-].O=S([O-])[O-].c1ccc2ccccc2c1.c1ccc2ccccc2c1.c1ccccc1.c1ccccc1. The molecule has 0 saturated carbocycles. The second-order valence-corrected chi connectivity index (χ2v) is 12.3. The van der Waals surface area contributed by atoms with Crippen LogP contribution in [-0.4, -0.2) is 64.2 Å². The Morgan fingerprint density at radius 3 is 0.379 bits per heavy atom. The average Bonchev–Trinajstić information content (AvgIpc) is 3.27.